The minimum absolute atomic E-state index is 0.152. The fourth-order valence-electron chi connectivity index (χ4n) is 2.18. The van der Waals surface area contributed by atoms with E-state index in [4.69, 9.17) is 16.3 Å². The summed E-state index contributed by atoms with van der Waals surface area (Å²) in [6, 6.07) is 11.0. The molecule has 0 atom stereocenters. The Morgan fingerprint density at radius 2 is 1.81 bits per heavy atom. The van der Waals surface area contributed by atoms with E-state index >= 15 is 0 Å². The fraction of sp³-hybridized carbons (Fsp3) is 0.278. The fourth-order valence-corrected chi connectivity index (χ4v) is 2.25. The SMILES string of the molecule is Cc1ccc(COCc2ccc(OC(F)(F)F)cc2)c(NC(=O)CCl)c1. The van der Waals surface area contributed by atoms with Crippen molar-refractivity contribution < 1.29 is 27.4 Å². The van der Waals surface area contributed by atoms with E-state index < -0.39 is 6.36 Å². The monoisotopic (exact) mass is 387 g/mol. The van der Waals surface area contributed by atoms with Crippen molar-refractivity contribution in [1.82, 2.24) is 0 Å². The standard InChI is InChI=1S/C18H17ClF3NO3/c1-12-2-5-14(16(8-12)23-17(24)9-19)11-25-10-13-3-6-15(7-4-13)26-18(20,21)22/h2-8H,9-11H2,1H3,(H,23,24). The summed E-state index contributed by atoms with van der Waals surface area (Å²) in [4.78, 5) is 11.5. The maximum atomic E-state index is 12.1. The van der Waals surface area contributed by atoms with Crippen molar-refractivity contribution in [3.05, 3.63) is 59.2 Å². The Morgan fingerprint density at radius 1 is 1.12 bits per heavy atom. The van der Waals surface area contributed by atoms with Crippen LogP contribution in [0.25, 0.3) is 0 Å². The number of aryl methyl sites for hydroxylation is 1. The third-order valence-electron chi connectivity index (χ3n) is 3.34. The summed E-state index contributed by atoms with van der Waals surface area (Å²) in [6.45, 7) is 2.31. The van der Waals surface area contributed by atoms with Gasteiger partial charge in [-0.05, 0) is 36.2 Å². The minimum Gasteiger partial charge on any atom is -0.406 e. The highest BCUT2D eigenvalue weighted by atomic mass is 35.5. The van der Waals surface area contributed by atoms with Crippen LogP contribution in [-0.2, 0) is 22.7 Å². The van der Waals surface area contributed by atoms with Crippen molar-refractivity contribution in [2.45, 2.75) is 26.5 Å². The molecule has 0 unspecified atom stereocenters. The molecule has 2 rings (SSSR count). The maximum Gasteiger partial charge on any atom is 0.573 e. The summed E-state index contributed by atoms with van der Waals surface area (Å²) in [6.07, 6.45) is -4.71. The normalized spacial score (nSPS) is 11.3. The Hall–Kier alpha value is -2.25. The zero-order valence-electron chi connectivity index (χ0n) is 13.9. The van der Waals surface area contributed by atoms with E-state index in [-0.39, 0.29) is 30.8 Å². The Morgan fingerprint density at radius 3 is 2.42 bits per heavy atom. The van der Waals surface area contributed by atoms with Gasteiger partial charge in [0.05, 0.1) is 13.2 Å². The molecule has 0 spiro atoms. The molecule has 2 aromatic rings. The second-order valence-electron chi connectivity index (χ2n) is 5.53. The van der Waals surface area contributed by atoms with E-state index in [9.17, 15) is 18.0 Å². The van der Waals surface area contributed by atoms with Crippen molar-refractivity contribution in [1.29, 1.82) is 0 Å². The van der Waals surface area contributed by atoms with Crippen LogP contribution in [0, 0.1) is 6.92 Å². The average molecular weight is 388 g/mol. The molecule has 0 aliphatic heterocycles. The highest BCUT2D eigenvalue weighted by molar-refractivity contribution is 6.29. The van der Waals surface area contributed by atoms with Crippen molar-refractivity contribution in [3.63, 3.8) is 0 Å². The van der Waals surface area contributed by atoms with E-state index in [1.54, 1.807) is 0 Å². The van der Waals surface area contributed by atoms with E-state index in [1.165, 1.54) is 24.3 Å². The number of rotatable bonds is 7. The molecule has 2 aromatic carbocycles. The lowest BCUT2D eigenvalue weighted by atomic mass is 10.1. The van der Waals surface area contributed by atoms with Gasteiger partial charge in [-0.1, -0.05) is 24.3 Å². The number of hydrogen-bond acceptors (Lipinski definition) is 3. The first kappa shape index (κ1) is 20.1. The van der Waals surface area contributed by atoms with Crippen LogP contribution >= 0.6 is 11.6 Å². The molecule has 1 N–H and O–H groups in total. The molecule has 4 nitrogen and oxygen atoms in total. The van der Waals surface area contributed by atoms with Gasteiger partial charge in [0.15, 0.2) is 0 Å². The lowest BCUT2D eigenvalue weighted by molar-refractivity contribution is -0.274. The minimum atomic E-state index is -4.71. The van der Waals surface area contributed by atoms with Crippen LogP contribution in [0.15, 0.2) is 42.5 Å². The topological polar surface area (TPSA) is 47.6 Å². The Bertz CT molecular complexity index is 748. The van der Waals surface area contributed by atoms with E-state index in [0.717, 1.165) is 11.1 Å². The number of hydrogen-bond donors (Lipinski definition) is 1. The molecule has 0 saturated heterocycles. The predicted molar refractivity (Wildman–Crippen MR) is 92.1 cm³/mol. The van der Waals surface area contributed by atoms with Gasteiger partial charge in [-0.15, -0.1) is 24.8 Å². The van der Waals surface area contributed by atoms with Crippen molar-refractivity contribution in [3.8, 4) is 5.75 Å². The van der Waals surface area contributed by atoms with Crippen LogP contribution in [0.3, 0.4) is 0 Å². The molecule has 26 heavy (non-hydrogen) atoms. The second kappa shape index (κ2) is 8.91. The third kappa shape index (κ3) is 6.57. The number of carbonyl (C=O) groups excluding carboxylic acids is 1. The largest absolute Gasteiger partial charge is 0.573 e. The number of halogens is 4. The zero-order chi connectivity index (χ0) is 19.2. The lowest BCUT2D eigenvalue weighted by Crippen LogP contribution is -2.17. The summed E-state index contributed by atoms with van der Waals surface area (Å²) < 4.78 is 45.8. The quantitative estimate of drug-likeness (QED) is 0.695. The Kier molecular flexibility index (Phi) is 6.88. The van der Waals surface area contributed by atoms with Crippen molar-refractivity contribution in [2.24, 2.45) is 0 Å². The molecule has 0 radical (unpaired) electrons. The Labute approximate surface area is 153 Å². The molecular weight excluding hydrogens is 371 g/mol. The van der Waals surface area contributed by atoms with Gasteiger partial charge in [0, 0.05) is 11.3 Å². The number of ether oxygens (including phenoxy) is 2. The van der Waals surface area contributed by atoms with Crippen molar-refractivity contribution >= 4 is 23.2 Å². The Balaban J connectivity index is 1.94. The molecule has 0 aliphatic rings. The van der Waals surface area contributed by atoms with E-state index in [2.05, 4.69) is 10.1 Å². The molecule has 140 valence electrons. The summed E-state index contributed by atoms with van der Waals surface area (Å²) in [5.74, 6) is -0.759. The van der Waals surface area contributed by atoms with Gasteiger partial charge in [0.1, 0.15) is 11.6 Å². The van der Waals surface area contributed by atoms with E-state index in [0.29, 0.717) is 11.3 Å². The summed E-state index contributed by atoms with van der Waals surface area (Å²) in [5, 5.41) is 2.70. The molecule has 0 bridgehead atoms. The maximum absolute atomic E-state index is 12.1. The predicted octanol–water partition coefficient (Wildman–Crippen LogP) is 4.79. The van der Waals surface area contributed by atoms with Gasteiger partial charge in [-0.25, -0.2) is 0 Å². The zero-order valence-corrected chi connectivity index (χ0v) is 14.7. The number of carbonyl (C=O) groups is 1. The number of alkyl halides is 4. The van der Waals surface area contributed by atoms with Gasteiger partial charge in [-0.3, -0.25) is 4.79 Å². The first-order valence-corrected chi connectivity index (χ1v) is 8.18. The van der Waals surface area contributed by atoms with Crippen LogP contribution in [0.2, 0.25) is 0 Å². The van der Waals surface area contributed by atoms with Crippen molar-refractivity contribution in [2.75, 3.05) is 11.2 Å². The molecule has 1 amide bonds. The average Bonchev–Trinajstić information content (AvgIpc) is 2.57. The highest BCUT2D eigenvalue weighted by Gasteiger charge is 2.30. The van der Waals surface area contributed by atoms with E-state index in [1.807, 2.05) is 25.1 Å². The van der Waals surface area contributed by atoms with Gasteiger partial charge in [0.25, 0.3) is 0 Å². The molecule has 0 fully saturated rings. The summed E-state index contributed by atoms with van der Waals surface area (Å²) in [7, 11) is 0. The number of nitrogens with one attached hydrogen (secondary N) is 1. The molecule has 0 saturated carbocycles. The summed E-state index contributed by atoms with van der Waals surface area (Å²) in [5.41, 5.74) is 3.05. The second-order valence-corrected chi connectivity index (χ2v) is 5.79. The van der Waals surface area contributed by atoms with Gasteiger partial charge in [-0.2, -0.15) is 0 Å². The lowest BCUT2D eigenvalue weighted by Gasteiger charge is -2.12. The molecule has 0 aliphatic carbocycles. The number of amides is 1. The van der Waals surface area contributed by atoms with Crippen LogP contribution in [0.1, 0.15) is 16.7 Å². The van der Waals surface area contributed by atoms with Gasteiger partial charge >= 0.3 is 6.36 Å². The molecule has 0 heterocycles. The molecule has 8 heteroatoms. The smallest absolute Gasteiger partial charge is 0.406 e. The molecular formula is C18H17ClF3NO3. The highest BCUT2D eigenvalue weighted by Crippen LogP contribution is 2.23. The van der Waals surface area contributed by atoms with Gasteiger partial charge in [0.2, 0.25) is 5.91 Å². The van der Waals surface area contributed by atoms with Crippen LogP contribution in [0.5, 0.6) is 5.75 Å². The van der Waals surface area contributed by atoms with Crippen LogP contribution in [-0.4, -0.2) is 18.1 Å². The first-order valence-electron chi connectivity index (χ1n) is 7.64. The first-order chi connectivity index (χ1) is 12.3. The van der Waals surface area contributed by atoms with Gasteiger partial charge < -0.3 is 14.8 Å². The van der Waals surface area contributed by atoms with Crippen LogP contribution in [0.4, 0.5) is 18.9 Å². The number of anilines is 1. The third-order valence-corrected chi connectivity index (χ3v) is 3.59. The molecule has 0 aromatic heterocycles. The number of benzene rings is 2. The summed E-state index contributed by atoms with van der Waals surface area (Å²) >= 11 is 5.51. The van der Waals surface area contributed by atoms with Crippen LogP contribution < -0.4 is 10.1 Å².